The van der Waals surface area contributed by atoms with Gasteiger partial charge in [0.15, 0.2) is 0 Å². The van der Waals surface area contributed by atoms with Crippen molar-refractivity contribution in [2.75, 3.05) is 6.54 Å². The van der Waals surface area contributed by atoms with E-state index in [1.807, 2.05) is 16.0 Å². The van der Waals surface area contributed by atoms with E-state index in [0.717, 1.165) is 23.8 Å². The lowest BCUT2D eigenvalue weighted by Gasteiger charge is -2.32. The van der Waals surface area contributed by atoms with E-state index in [1.165, 1.54) is 24.8 Å². The van der Waals surface area contributed by atoms with Gasteiger partial charge in [-0.05, 0) is 49.7 Å². The fraction of sp³-hybridized carbons (Fsp3) is 0.562. The summed E-state index contributed by atoms with van der Waals surface area (Å²) in [5.74, 6) is 0.499. The number of aromatic nitrogens is 2. The van der Waals surface area contributed by atoms with Crippen molar-refractivity contribution in [2.24, 2.45) is 0 Å². The molecular formula is C16H22ClN3S. The van der Waals surface area contributed by atoms with Gasteiger partial charge >= 0.3 is 0 Å². The lowest BCUT2D eigenvalue weighted by atomic mass is 9.81. The number of hydrogen-bond donors (Lipinski definition) is 1. The van der Waals surface area contributed by atoms with Crippen LogP contribution in [0.25, 0.3) is 0 Å². The smallest absolute Gasteiger partial charge is 0.0834 e. The topological polar surface area (TPSA) is 29.9 Å². The average molecular weight is 324 g/mol. The predicted octanol–water partition coefficient (Wildman–Crippen LogP) is 4.39. The van der Waals surface area contributed by atoms with Crippen LogP contribution in [0.15, 0.2) is 17.6 Å². The van der Waals surface area contributed by atoms with Gasteiger partial charge in [-0.1, -0.05) is 18.5 Å². The quantitative estimate of drug-likeness (QED) is 0.884. The number of thiophene rings is 1. The van der Waals surface area contributed by atoms with Gasteiger partial charge in [0, 0.05) is 17.3 Å². The summed E-state index contributed by atoms with van der Waals surface area (Å²) in [5.41, 5.74) is 2.65. The molecule has 3 nitrogen and oxygen atoms in total. The Kier molecular flexibility index (Phi) is 4.67. The van der Waals surface area contributed by atoms with Crippen LogP contribution in [-0.4, -0.2) is 16.3 Å². The third-order valence-electron chi connectivity index (χ3n) is 4.35. The van der Waals surface area contributed by atoms with E-state index in [9.17, 15) is 0 Å². The molecule has 0 aromatic carbocycles. The zero-order valence-electron chi connectivity index (χ0n) is 12.6. The average Bonchev–Trinajstić information content (AvgIpc) is 3.11. The fourth-order valence-electron chi connectivity index (χ4n) is 3.45. The first-order chi connectivity index (χ1) is 10.3. The molecule has 0 spiro atoms. The highest BCUT2D eigenvalue weighted by molar-refractivity contribution is 7.10. The van der Waals surface area contributed by atoms with Gasteiger partial charge in [0.2, 0.25) is 0 Å². The van der Waals surface area contributed by atoms with Crippen molar-refractivity contribution in [1.82, 2.24) is 15.1 Å². The lowest BCUT2D eigenvalue weighted by Crippen LogP contribution is -2.31. The van der Waals surface area contributed by atoms with Gasteiger partial charge in [-0.2, -0.15) is 5.10 Å². The molecular weight excluding hydrogens is 302 g/mol. The van der Waals surface area contributed by atoms with Gasteiger partial charge < -0.3 is 5.32 Å². The Morgan fingerprint density at radius 3 is 3.14 bits per heavy atom. The molecule has 114 valence electrons. The molecule has 0 saturated carbocycles. The van der Waals surface area contributed by atoms with Crippen LogP contribution < -0.4 is 5.32 Å². The van der Waals surface area contributed by atoms with Gasteiger partial charge in [-0.15, -0.1) is 11.3 Å². The molecule has 3 rings (SSSR count). The van der Waals surface area contributed by atoms with Crippen LogP contribution in [0.3, 0.4) is 0 Å². The van der Waals surface area contributed by atoms with Crippen molar-refractivity contribution in [1.29, 1.82) is 0 Å². The van der Waals surface area contributed by atoms with Crippen LogP contribution in [0.2, 0.25) is 5.02 Å². The fourth-order valence-corrected chi connectivity index (χ4v) is 4.71. The van der Waals surface area contributed by atoms with E-state index in [1.54, 1.807) is 11.1 Å². The largest absolute Gasteiger partial charge is 0.308 e. The van der Waals surface area contributed by atoms with E-state index in [4.69, 9.17) is 11.6 Å². The molecule has 2 aromatic rings. The Morgan fingerprint density at radius 2 is 2.38 bits per heavy atom. The molecule has 2 unspecified atom stereocenters. The van der Waals surface area contributed by atoms with Gasteiger partial charge in [-0.3, -0.25) is 4.68 Å². The maximum atomic E-state index is 6.45. The summed E-state index contributed by atoms with van der Waals surface area (Å²) >= 11 is 8.35. The zero-order valence-corrected chi connectivity index (χ0v) is 14.2. The minimum Gasteiger partial charge on any atom is -0.308 e. The lowest BCUT2D eigenvalue weighted by molar-refractivity contribution is 0.387. The van der Waals surface area contributed by atoms with Crippen molar-refractivity contribution in [3.63, 3.8) is 0 Å². The Bertz CT molecular complexity index is 604. The molecule has 1 aliphatic rings. The highest BCUT2D eigenvalue weighted by Crippen LogP contribution is 2.43. The standard InChI is InChI=1S/C16H22ClN3S/c1-3-18-15(16-13(17)10-19-20(16)4-2)12-6-5-7-14-11(12)8-9-21-14/h8-10,12,15,18H,3-7H2,1-2H3. The van der Waals surface area contributed by atoms with Gasteiger partial charge in [0.1, 0.15) is 0 Å². The Hall–Kier alpha value is -0.840. The summed E-state index contributed by atoms with van der Waals surface area (Å²) < 4.78 is 2.04. The summed E-state index contributed by atoms with van der Waals surface area (Å²) in [6.07, 6.45) is 5.48. The molecule has 2 atom stereocenters. The summed E-state index contributed by atoms with van der Waals surface area (Å²) in [6.45, 7) is 6.07. The summed E-state index contributed by atoms with van der Waals surface area (Å²) in [5, 5.41) is 11.1. The predicted molar refractivity (Wildman–Crippen MR) is 89.3 cm³/mol. The third-order valence-corrected chi connectivity index (χ3v) is 5.64. The molecule has 0 saturated heterocycles. The monoisotopic (exact) mass is 323 g/mol. The van der Waals surface area contributed by atoms with Gasteiger partial charge in [0.25, 0.3) is 0 Å². The molecule has 21 heavy (non-hydrogen) atoms. The number of halogens is 1. The Balaban J connectivity index is 2.02. The van der Waals surface area contributed by atoms with Crippen molar-refractivity contribution < 1.29 is 0 Å². The van der Waals surface area contributed by atoms with Crippen LogP contribution in [0.4, 0.5) is 0 Å². The number of hydrogen-bond acceptors (Lipinski definition) is 3. The van der Waals surface area contributed by atoms with Gasteiger partial charge in [0.05, 0.1) is 23.0 Å². The molecule has 5 heteroatoms. The molecule has 1 aliphatic carbocycles. The van der Waals surface area contributed by atoms with Crippen LogP contribution >= 0.6 is 22.9 Å². The first-order valence-corrected chi connectivity index (χ1v) is 9.02. The maximum absolute atomic E-state index is 6.45. The minimum atomic E-state index is 0.249. The van der Waals surface area contributed by atoms with Crippen molar-refractivity contribution >= 4 is 22.9 Å². The number of nitrogens with zero attached hydrogens (tertiary/aromatic N) is 2. The van der Waals surface area contributed by atoms with Gasteiger partial charge in [-0.25, -0.2) is 0 Å². The molecule has 0 amide bonds. The zero-order chi connectivity index (χ0) is 14.8. The maximum Gasteiger partial charge on any atom is 0.0834 e. The second-order valence-corrected chi connectivity index (χ2v) is 6.93. The van der Waals surface area contributed by atoms with E-state index < -0.39 is 0 Å². The summed E-state index contributed by atoms with van der Waals surface area (Å²) in [4.78, 5) is 1.55. The van der Waals surface area contributed by atoms with Crippen molar-refractivity contribution in [3.8, 4) is 0 Å². The van der Waals surface area contributed by atoms with E-state index >= 15 is 0 Å². The van der Waals surface area contributed by atoms with Crippen LogP contribution in [0.1, 0.15) is 54.8 Å². The highest BCUT2D eigenvalue weighted by Gasteiger charge is 2.32. The molecule has 2 heterocycles. The van der Waals surface area contributed by atoms with E-state index in [0.29, 0.717) is 5.92 Å². The number of aryl methyl sites for hydroxylation is 2. The second-order valence-electron chi connectivity index (χ2n) is 5.53. The molecule has 1 N–H and O–H groups in total. The molecule has 0 bridgehead atoms. The normalized spacial score (nSPS) is 19.5. The highest BCUT2D eigenvalue weighted by atomic mass is 35.5. The summed E-state index contributed by atoms with van der Waals surface area (Å²) in [7, 11) is 0. The molecule has 0 aliphatic heterocycles. The first kappa shape index (κ1) is 15.1. The first-order valence-electron chi connectivity index (χ1n) is 7.77. The molecule has 2 aromatic heterocycles. The minimum absolute atomic E-state index is 0.249. The summed E-state index contributed by atoms with van der Waals surface area (Å²) in [6, 6.07) is 2.55. The third kappa shape index (κ3) is 2.77. The van der Waals surface area contributed by atoms with E-state index in [2.05, 4.69) is 35.7 Å². The molecule has 0 fully saturated rings. The van der Waals surface area contributed by atoms with E-state index in [-0.39, 0.29) is 6.04 Å². The SMILES string of the molecule is CCNC(c1c(Cl)cnn1CC)C1CCCc2sccc21. The Labute approximate surface area is 135 Å². The van der Waals surface area contributed by atoms with Crippen molar-refractivity contribution in [3.05, 3.63) is 38.8 Å². The number of fused-ring (bicyclic) bond motifs is 1. The number of nitrogens with one attached hydrogen (secondary N) is 1. The molecule has 0 radical (unpaired) electrons. The Morgan fingerprint density at radius 1 is 1.52 bits per heavy atom. The van der Waals surface area contributed by atoms with Crippen LogP contribution in [0, 0.1) is 0 Å². The number of likely N-dealkylation sites (N-methyl/N-ethyl adjacent to an activating group) is 1. The van der Waals surface area contributed by atoms with Crippen LogP contribution in [0.5, 0.6) is 0 Å². The number of rotatable bonds is 5. The van der Waals surface area contributed by atoms with Crippen LogP contribution in [-0.2, 0) is 13.0 Å². The van der Waals surface area contributed by atoms with Crippen molar-refractivity contribution in [2.45, 2.75) is 51.6 Å². The second kappa shape index (κ2) is 6.51.